The van der Waals surface area contributed by atoms with Gasteiger partial charge in [0.25, 0.3) is 0 Å². The molecular formula is C11H22N2O2. The number of rotatable bonds is 5. The summed E-state index contributed by atoms with van der Waals surface area (Å²) in [6.45, 7) is 6.16. The van der Waals surface area contributed by atoms with Gasteiger partial charge >= 0.3 is 5.97 Å². The monoisotopic (exact) mass is 214 g/mol. The van der Waals surface area contributed by atoms with E-state index >= 15 is 0 Å². The molecule has 4 heteroatoms. The Morgan fingerprint density at radius 2 is 2.20 bits per heavy atom. The molecule has 0 aliphatic carbocycles. The normalized spacial score (nSPS) is 24.3. The number of carboxylic acid groups (broad SMARTS) is 1. The Morgan fingerprint density at radius 1 is 1.47 bits per heavy atom. The highest BCUT2D eigenvalue weighted by atomic mass is 16.4. The van der Waals surface area contributed by atoms with Crippen LogP contribution >= 0.6 is 0 Å². The van der Waals surface area contributed by atoms with Crippen LogP contribution in [0.1, 0.15) is 26.2 Å². The van der Waals surface area contributed by atoms with Gasteiger partial charge in [-0.25, -0.2) is 0 Å². The van der Waals surface area contributed by atoms with E-state index in [0.717, 1.165) is 26.2 Å². The van der Waals surface area contributed by atoms with Crippen molar-refractivity contribution in [3.63, 3.8) is 0 Å². The average molecular weight is 214 g/mol. The molecule has 88 valence electrons. The highest BCUT2D eigenvalue weighted by Gasteiger charge is 2.26. The Morgan fingerprint density at radius 3 is 2.80 bits per heavy atom. The van der Waals surface area contributed by atoms with E-state index in [-0.39, 0.29) is 12.5 Å². The van der Waals surface area contributed by atoms with Crippen molar-refractivity contribution in [2.75, 3.05) is 33.2 Å². The van der Waals surface area contributed by atoms with E-state index in [1.165, 1.54) is 12.8 Å². The molecule has 1 aliphatic rings. The summed E-state index contributed by atoms with van der Waals surface area (Å²) in [6.07, 6.45) is 2.61. The number of hydrogen-bond donors (Lipinski definition) is 1. The van der Waals surface area contributed by atoms with Gasteiger partial charge in [0.05, 0.1) is 6.42 Å². The van der Waals surface area contributed by atoms with E-state index in [9.17, 15) is 4.79 Å². The number of carbonyl (C=O) groups is 1. The predicted octanol–water partition coefficient (Wildman–Crippen LogP) is 0.877. The summed E-state index contributed by atoms with van der Waals surface area (Å²) in [5.74, 6) is -0.684. The number of carboxylic acids is 1. The zero-order valence-electron chi connectivity index (χ0n) is 9.78. The van der Waals surface area contributed by atoms with Gasteiger partial charge in [-0.15, -0.1) is 0 Å². The number of hydrogen-bond acceptors (Lipinski definition) is 3. The summed E-state index contributed by atoms with van der Waals surface area (Å²) in [6, 6.07) is 0.202. The second-order valence-corrected chi connectivity index (χ2v) is 4.40. The molecule has 4 nitrogen and oxygen atoms in total. The van der Waals surface area contributed by atoms with E-state index in [1.807, 2.05) is 0 Å². The summed E-state index contributed by atoms with van der Waals surface area (Å²) >= 11 is 0. The fraction of sp³-hybridized carbons (Fsp3) is 0.909. The third kappa shape index (κ3) is 4.18. The summed E-state index contributed by atoms with van der Waals surface area (Å²) in [4.78, 5) is 15.3. The van der Waals surface area contributed by atoms with Crippen LogP contribution in [-0.4, -0.2) is 60.1 Å². The van der Waals surface area contributed by atoms with Gasteiger partial charge in [0.2, 0.25) is 0 Å². The SMILES string of the molecule is CCCCN1CCN(C)CC1CC(=O)O. The van der Waals surface area contributed by atoms with Gasteiger partial charge in [-0.05, 0) is 20.0 Å². The molecule has 1 heterocycles. The first kappa shape index (κ1) is 12.5. The Labute approximate surface area is 91.9 Å². The minimum atomic E-state index is -0.684. The van der Waals surface area contributed by atoms with Crippen molar-refractivity contribution in [1.82, 2.24) is 9.80 Å². The molecular weight excluding hydrogens is 192 g/mol. The standard InChI is InChI=1S/C11H22N2O2/c1-3-4-5-13-7-6-12(2)9-10(13)8-11(14)15/h10H,3-9H2,1-2H3,(H,14,15). The first-order valence-corrected chi connectivity index (χ1v) is 5.78. The lowest BCUT2D eigenvalue weighted by atomic mass is 10.1. The van der Waals surface area contributed by atoms with Crippen LogP contribution in [0.4, 0.5) is 0 Å². The summed E-state index contributed by atoms with van der Waals surface area (Å²) in [5, 5.41) is 8.85. The summed E-state index contributed by atoms with van der Waals surface area (Å²) in [7, 11) is 2.06. The molecule has 0 radical (unpaired) electrons. The van der Waals surface area contributed by atoms with Crippen LogP contribution in [0, 0.1) is 0 Å². The summed E-state index contributed by atoms with van der Waals surface area (Å²) < 4.78 is 0. The first-order valence-electron chi connectivity index (χ1n) is 5.78. The molecule has 0 spiro atoms. The van der Waals surface area contributed by atoms with Crippen molar-refractivity contribution in [2.45, 2.75) is 32.2 Å². The molecule has 1 saturated heterocycles. The van der Waals surface area contributed by atoms with Crippen LogP contribution in [0.15, 0.2) is 0 Å². The van der Waals surface area contributed by atoms with E-state index < -0.39 is 5.97 Å². The minimum Gasteiger partial charge on any atom is -0.481 e. The second kappa shape index (κ2) is 6.08. The quantitative estimate of drug-likeness (QED) is 0.738. The fourth-order valence-corrected chi connectivity index (χ4v) is 2.10. The first-order chi connectivity index (χ1) is 7.13. The van der Waals surface area contributed by atoms with Crippen LogP contribution in [0.3, 0.4) is 0 Å². The van der Waals surface area contributed by atoms with Crippen molar-refractivity contribution in [3.05, 3.63) is 0 Å². The van der Waals surface area contributed by atoms with Gasteiger partial charge in [-0.1, -0.05) is 13.3 Å². The van der Waals surface area contributed by atoms with Crippen molar-refractivity contribution in [1.29, 1.82) is 0 Å². The maximum Gasteiger partial charge on any atom is 0.304 e. The highest BCUT2D eigenvalue weighted by Crippen LogP contribution is 2.12. The van der Waals surface area contributed by atoms with Gasteiger partial charge in [-0.3, -0.25) is 9.69 Å². The van der Waals surface area contributed by atoms with Crippen LogP contribution in [-0.2, 0) is 4.79 Å². The van der Waals surface area contributed by atoms with Crippen molar-refractivity contribution in [2.24, 2.45) is 0 Å². The Balaban J connectivity index is 2.46. The Kier molecular flexibility index (Phi) is 5.05. The van der Waals surface area contributed by atoms with Gasteiger partial charge in [0.1, 0.15) is 0 Å². The zero-order chi connectivity index (χ0) is 11.3. The molecule has 0 aromatic heterocycles. The lowest BCUT2D eigenvalue weighted by molar-refractivity contribution is -0.139. The van der Waals surface area contributed by atoms with Gasteiger partial charge in [0, 0.05) is 25.7 Å². The third-order valence-corrected chi connectivity index (χ3v) is 3.02. The molecule has 1 rings (SSSR count). The maximum atomic E-state index is 10.7. The van der Waals surface area contributed by atoms with Crippen molar-refractivity contribution >= 4 is 5.97 Å². The predicted molar refractivity (Wildman–Crippen MR) is 60.0 cm³/mol. The van der Waals surface area contributed by atoms with Gasteiger partial charge < -0.3 is 10.0 Å². The molecule has 0 saturated carbocycles. The van der Waals surface area contributed by atoms with Gasteiger partial charge in [0.15, 0.2) is 0 Å². The molecule has 0 amide bonds. The molecule has 1 aliphatic heterocycles. The second-order valence-electron chi connectivity index (χ2n) is 4.40. The summed E-state index contributed by atoms with van der Waals surface area (Å²) in [5.41, 5.74) is 0. The largest absolute Gasteiger partial charge is 0.481 e. The van der Waals surface area contributed by atoms with Crippen LogP contribution in [0.25, 0.3) is 0 Å². The number of aliphatic carboxylic acids is 1. The van der Waals surface area contributed by atoms with Gasteiger partial charge in [-0.2, -0.15) is 0 Å². The van der Waals surface area contributed by atoms with Crippen LogP contribution in [0.2, 0.25) is 0 Å². The molecule has 1 unspecified atom stereocenters. The number of nitrogens with zero attached hydrogens (tertiary/aromatic N) is 2. The van der Waals surface area contributed by atoms with E-state index in [1.54, 1.807) is 0 Å². The zero-order valence-corrected chi connectivity index (χ0v) is 9.78. The lowest BCUT2D eigenvalue weighted by Gasteiger charge is -2.39. The molecule has 15 heavy (non-hydrogen) atoms. The molecule has 0 bridgehead atoms. The minimum absolute atomic E-state index is 0.202. The maximum absolute atomic E-state index is 10.7. The smallest absolute Gasteiger partial charge is 0.304 e. The fourth-order valence-electron chi connectivity index (χ4n) is 2.10. The van der Waals surface area contributed by atoms with Crippen LogP contribution < -0.4 is 0 Å². The Hall–Kier alpha value is -0.610. The Bertz CT molecular complexity index is 207. The van der Waals surface area contributed by atoms with Crippen molar-refractivity contribution in [3.8, 4) is 0 Å². The van der Waals surface area contributed by atoms with Crippen molar-refractivity contribution < 1.29 is 9.90 Å². The number of likely N-dealkylation sites (N-methyl/N-ethyl adjacent to an activating group) is 1. The van der Waals surface area contributed by atoms with Crippen LogP contribution in [0.5, 0.6) is 0 Å². The van der Waals surface area contributed by atoms with E-state index in [0.29, 0.717) is 0 Å². The third-order valence-electron chi connectivity index (χ3n) is 3.02. The highest BCUT2D eigenvalue weighted by molar-refractivity contribution is 5.67. The topological polar surface area (TPSA) is 43.8 Å². The number of unbranched alkanes of at least 4 members (excludes halogenated alkanes) is 1. The molecule has 0 aromatic carbocycles. The molecule has 1 atom stereocenters. The molecule has 1 fully saturated rings. The van der Waals surface area contributed by atoms with E-state index in [2.05, 4.69) is 23.8 Å². The lowest BCUT2D eigenvalue weighted by Crippen LogP contribution is -2.52. The average Bonchev–Trinajstić information content (AvgIpc) is 2.16. The number of piperazine rings is 1. The van der Waals surface area contributed by atoms with E-state index in [4.69, 9.17) is 5.11 Å². The molecule has 0 aromatic rings. The molecule has 1 N–H and O–H groups in total.